The van der Waals surface area contributed by atoms with Gasteiger partial charge in [0.15, 0.2) is 0 Å². The molecule has 0 fully saturated rings. The first-order valence-corrected chi connectivity index (χ1v) is 7.59. The molecular weight excluding hydrogens is 280 g/mol. The van der Waals surface area contributed by atoms with E-state index >= 15 is 0 Å². The maximum atomic E-state index is 12.1. The smallest absolute Gasteiger partial charge is 0.244 e. The normalized spacial score (nSPS) is 11.4. The molecule has 7 nitrogen and oxygen atoms in total. The van der Waals surface area contributed by atoms with Gasteiger partial charge in [0.25, 0.3) is 0 Å². The molecule has 1 heterocycles. The van der Waals surface area contributed by atoms with E-state index in [1.54, 1.807) is 18.2 Å². The van der Waals surface area contributed by atoms with Crippen LogP contribution in [0.3, 0.4) is 0 Å². The fourth-order valence-electron chi connectivity index (χ4n) is 1.73. The Hall–Kier alpha value is -1.93. The minimum absolute atomic E-state index is 0.141. The van der Waals surface area contributed by atoms with Gasteiger partial charge in [0.2, 0.25) is 10.0 Å². The minimum Gasteiger partial charge on any atom is -0.495 e. The summed E-state index contributed by atoms with van der Waals surface area (Å²) in [6, 6.07) is 6.51. The third-order valence-electron chi connectivity index (χ3n) is 2.71. The lowest BCUT2D eigenvalue weighted by molar-refractivity contribution is 0.402. The number of hydrogen-bond acceptors (Lipinski definition) is 5. The summed E-state index contributed by atoms with van der Waals surface area (Å²) < 4.78 is 31.9. The molecule has 2 N–H and O–H groups in total. The predicted octanol–water partition coefficient (Wildman–Crippen LogP) is 0.724. The maximum Gasteiger partial charge on any atom is 0.244 e. The number of aryl methyl sites for hydroxylation is 1. The average molecular weight is 296 g/mol. The van der Waals surface area contributed by atoms with Crippen molar-refractivity contribution in [2.75, 3.05) is 13.7 Å². The molecule has 0 atom stereocenters. The van der Waals surface area contributed by atoms with Gasteiger partial charge in [-0.25, -0.2) is 18.1 Å². The van der Waals surface area contributed by atoms with Gasteiger partial charge in [-0.3, -0.25) is 5.10 Å². The quantitative estimate of drug-likeness (QED) is 0.734. The highest BCUT2D eigenvalue weighted by Crippen LogP contribution is 2.22. The van der Waals surface area contributed by atoms with Gasteiger partial charge in [0.05, 0.1) is 7.11 Å². The van der Waals surface area contributed by atoms with Crippen molar-refractivity contribution in [2.45, 2.75) is 17.7 Å². The van der Waals surface area contributed by atoms with Crippen LogP contribution in [0.5, 0.6) is 5.75 Å². The standard InChI is InChI=1S/C12H16N4O3S/c1-19-10-5-2-3-6-11(10)20(17,18)15-8-4-7-12-13-9-14-16-12/h2-3,5-6,9,15H,4,7-8H2,1H3,(H,13,14,16). The van der Waals surface area contributed by atoms with Crippen LogP contribution in [0.2, 0.25) is 0 Å². The summed E-state index contributed by atoms with van der Waals surface area (Å²) in [7, 11) is -2.12. The molecular formula is C12H16N4O3S. The van der Waals surface area contributed by atoms with Crippen LogP contribution in [-0.4, -0.2) is 37.3 Å². The zero-order valence-corrected chi connectivity index (χ0v) is 11.9. The number of nitrogens with zero attached hydrogens (tertiary/aromatic N) is 2. The maximum absolute atomic E-state index is 12.1. The molecule has 0 saturated heterocycles. The summed E-state index contributed by atoms with van der Waals surface area (Å²) >= 11 is 0. The van der Waals surface area contributed by atoms with E-state index in [-0.39, 0.29) is 4.90 Å². The van der Waals surface area contributed by atoms with Crippen molar-refractivity contribution in [3.05, 3.63) is 36.4 Å². The van der Waals surface area contributed by atoms with Crippen LogP contribution < -0.4 is 9.46 Å². The van der Waals surface area contributed by atoms with Crippen molar-refractivity contribution in [1.29, 1.82) is 0 Å². The summed E-state index contributed by atoms with van der Waals surface area (Å²) in [5.41, 5.74) is 0. The van der Waals surface area contributed by atoms with Gasteiger partial charge >= 0.3 is 0 Å². The predicted molar refractivity (Wildman–Crippen MR) is 72.9 cm³/mol. The van der Waals surface area contributed by atoms with Crippen LogP contribution >= 0.6 is 0 Å². The molecule has 108 valence electrons. The SMILES string of the molecule is COc1ccccc1S(=O)(=O)NCCCc1ncn[nH]1. The Kier molecular flexibility index (Phi) is 4.70. The molecule has 0 radical (unpaired) electrons. The van der Waals surface area contributed by atoms with E-state index in [1.165, 1.54) is 19.5 Å². The Balaban J connectivity index is 1.94. The third-order valence-corrected chi connectivity index (χ3v) is 4.21. The Bertz CT molecular complexity index is 640. The highest BCUT2D eigenvalue weighted by molar-refractivity contribution is 7.89. The monoisotopic (exact) mass is 296 g/mol. The summed E-state index contributed by atoms with van der Waals surface area (Å²) in [6.07, 6.45) is 2.69. The number of hydrogen-bond donors (Lipinski definition) is 2. The lowest BCUT2D eigenvalue weighted by Crippen LogP contribution is -2.25. The first kappa shape index (κ1) is 14.5. The number of nitrogens with one attached hydrogen (secondary N) is 2. The van der Waals surface area contributed by atoms with E-state index in [4.69, 9.17) is 4.74 Å². The Morgan fingerprint density at radius 2 is 2.15 bits per heavy atom. The van der Waals surface area contributed by atoms with E-state index in [1.807, 2.05) is 0 Å². The van der Waals surface area contributed by atoms with Crippen LogP contribution in [0, 0.1) is 0 Å². The molecule has 2 aromatic rings. The summed E-state index contributed by atoms with van der Waals surface area (Å²) in [4.78, 5) is 4.11. The van der Waals surface area contributed by atoms with E-state index in [2.05, 4.69) is 19.9 Å². The van der Waals surface area contributed by atoms with Crippen LogP contribution in [0.1, 0.15) is 12.2 Å². The Labute approximate surface area is 117 Å². The van der Waals surface area contributed by atoms with Gasteiger partial charge in [-0.05, 0) is 18.6 Å². The molecule has 2 rings (SSSR count). The van der Waals surface area contributed by atoms with E-state index in [0.717, 1.165) is 5.82 Å². The van der Waals surface area contributed by atoms with Gasteiger partial charge in [-0.1, -0.05) is 12.1 Å². The lowest BCUT2D eigenvalue weighted by Gasteiger charge is -2.10. The molecule has 0 aliphatic heterocycles. The zero-order valence-electron chi connectivity index (χ0n) is 11.0. The van der Waals surface area contributed by atoms with Crippen molar-refractivity contribution in [3.8, 4) is 5.75 Å². The number of rotatable bonds is 7. The molecule has 8 heteroatoms. The molecule has 0 spiro atoms. The van der Waals surface area contributed by atoms with Gasteiger partial charge in [0.1, 0.15) is 22.8 Å². The van der Waals surface area contributed by atoms with E-state index < -0.39 is 10.0 Å². The topological polar surface area (TPSA) is 97.0 Å². The van der Waals surface area contributed by atoms with Gasteiger partial charge in [-0.15, -0.1) is 0 Å². The van der Waals surface area contributed by atoms with E-state index in [9.17, 15) is 8.42 Å². The Morgan fingerprint density at radius 1 is 1.35 bits per heavy atom. The first-order chi connectivity index (χ1) is 9.63. The number of benzene rings is 1. The second-order valence-corrected chi connectivity index (χ2v) is 5.82. The largest absolute Gasteiger partial charge is 0.495 e. The second kappa shape index (κ2) is 6.49. The number of H-pyrrole nitrogens is 1. The molecule has 0 aliphatic carbocycles. The highest BCUT2D eigenvalue weighted by Gasteiger charge is 2.17. The number of aromatic amines is 1. The van der Waals surface area contributed by atoms with Crippen molar-refractivity contribution >= 4 is 10.0 Å². The lowest BCUT2D eigenvalue weighted by atomic mass is 10.3. The number of sulfonamides is 1. The molecule has 0 saturated carbocycles. The number of aromatic nitrogens is 3. The first-order valence-electron chi connectivity index (χ1n) is 6.10. The summed E-state index contributed by atoms with van der Waals surface area (Å²) in [6.45, 7) is 0.321. The number of ether oxygens (including phenoxy) is 1. The minimum atomic E-state index is -3.57. The zero-order chi connectivity index (χ0) is 14.4. The van der Waals surface area contributed by atoms with Crippen molar-refractivity contribution < 1.29 is 13.2 Å². The molecule has 0 amide bonds. The van der Waals surface area contributed by atoms with Crippen LogP contribution in [0.15, 0.2) is 35.5 Å². The number of methoxy groups -OCH3 is 1. The van der Waals surface area contributed by atoms with Gasteiger partial charge in [0, 0.05) is 13.0 Å². The van der Waals surface area contributed by atoms with Crippen molar-refractivity contribution in [3.63, 3.8) is 0 Å². The molecule has 20 heavy (non-hydrogen) atoms. The Morgan fingerprint density at radius 3 is 2.85 bits per heavy atom. The molecule has 0 unspecified atom stereocenters. The van der Waals surface area contributed by atoms with Crippen molar-refractivity contribution in [2.24, 2.45) is 0 Å². The molecule has 1 aromatic heterocycles. The average Bonchev–Trinajstić information content (AvgIpc) is 2.97. The summed E-state index contributed by atoms with van der Waals surface area (Å²) in [5, 5.41) is 6.46. The van der Waals surface area contributed by atoms with Crippen LogP contribution in [0.4, 0.5) is 0 Å². The fraction of sp³-hybridized carbons (Fsp3) is 0.333. The molecule has 0 aliphatic rings. The third kappa shape index (κ3) is 3.55. The van der Waals surface area contributed by atoms with Crippen LogP contribution in [-0.2, 0) is 16.4 Å². The van der Waals surface area contributed by atoms with Gasteiger partial charge in [-0.2, -0.15) is 5.10 Å². The van der Waals surface area contributed by atoms with Gasteiger partial charge < -0.3 is 4.74 Å². The summed E-state index contributed by atoms with van der Waals surface area (Å²) in [5.74, 6) is 1.07. The number of para-hydroxylation sites is 1. The van der Waals surface area contributed by atoms with E-state index in [0.29, 0.717) is 25.1 Å². The van der Waals surface area contributed by atoms with Crippen LogP contribution in [0.25, 0.3) is 0 Å². The fourth-order valence-corrected chi connectivity index (χ4v) is 2.97. The highest BCUT2D eigenvalue weighted by atomic mass is 32.2. The molecule has 1 aromatic carbocycles. The van der Waals surface area contributed by atoms with Crippen molar-refractivity contribution in [1.82, 2.24) is 19.9 Å². The second-order valence-electron chi connectivity index (χ2n) is 4.08. The molecule has 0 bridgehead atoms.